The molecule has 0 radical (unpaired) electrons. The number of carboxylic acids is 1. The number of ether oxygens (including phenoxy) is 2. The van der Waals surface area contributed by atoms with E-state index in [1.54, 1.807) is 0 Å². The van der Waals surface area contributed by atoms with Crippen molar-refractivity contribution in [1.82, 2.24) is 0 Å². The summed E-state index contributed by atoms with van der Waals surface area (Å²) in [4.78, 5) is 10.7. The molecule has 0 heterocycles. The second-order valence-electron chi connectivity index (χ2n) is 4.50. The first-order valence-electron chi connectivity index (χ1n) is 6.45. The van der Waals surface area contributed by atoms with Gasteiger partial charge in [0, 0.05) is 11.8 Å². The summed E-state index contributed by atoms with van der Waals surface area (Å²) in [5.41, 5.74) is 0.308. The van der Waals surface area contributed by atoms with Crippen LogP contribution in [0.5, 0.6) is 11.5 Å². The monoisotopic (exact) mass is 337 g/mol. The molecule has 0 saturated carbocycles. The van der Waals surface area contributed by atoms with Crippen LogP contribution in [0.1, 0.15) is 10.4 Å². The Morgan fingerprint density at radius 2 is 1.70 bits per heavy atom. The highest BCUT2D eigenvalue weighted by atomic mass is 32.2. The van der Waals surface area contributed by atoms with Crippen molar-refractivity contribution >= 4 is 21.7 Å². The molecule has 0 aromatic heterocycles. The molecular formula is C15H15NO6S. The normalized spacial score (nSPS) is 10.9. The molecule has 0 atom stereocenters. The fourth-order valence-electron chi connectivity index (χ4n) is 1.89. The number of hydrogen-bond donors (Lipinski definition) is 2. The summed E-state index contributed by atoms with van der Waals surface area (Å²) < 4.78 is 37.4. The molecule has 7 nitrogen and oxygen atoms in total. The van der Waals surface area contributed by atoms with Crippen LogP contribution < -0.4 is 14.2 Å². The average molecular weight is 337 g/mol. The van der Waals surface area contributed by atoms with Gasteiger partial charge in [-0.25, -0.2) is 13.2 Å². The van der Waals surface area contributed by atoms with Crippen molar-refractivity contribution in [1.29, 1.82) is 0 Å². The third kappa shape index (κ3) is 3.72. The lowest BCUT2D eigenvalue weighted by molar-refractivity contribution is 0.0697. The van der Waals surface area contributed by atoms with Crippen LogP contribution in [0, 0.1) is 0 Å². The minimum Gasteiger partial charge on any atom is -0.497 e. The summed E-state index contributed by atoms with van der Waals surface area (Å²) >= 11 is 0. The largest absolute Gasteiger partial charge is 0.497 e. The van der Waals surface area contributed by atoms with Crippen molar-refractivity contribution in [2.24, 2.45) is 0 Å². The molecule has 0 fully saturated rings. The minimum absolute atomic E-state index is 0.0527. The van der Waals surface area contributed by atoms with Gasteiger partial charge in [-0.3, -0.25) is 4.72 Å². The molecule has 0 spiro atoms. The molecule has 0 bridgehead atoms. The summed E-state index contributed by atoms with van der Waals surface area (Å²) in [5.74, 6) is -0.484. The zero-order valence-electron chi connectivity index (χ0n) is 12.4. The van der Waals surface area contributed by atoms with E-state index in [0.29, 0.717) is 5.75 Å². The summed E-state index contributed by atoms with van der Waals surface area (Å²) in [6.07, 6.45) is 0. The van der Waals surface area contributed by atoms with E-state index in [4.69, 9.17) is 14.6 Å². The summed E-state index contributed by atoms with van der Waals surface area (Å²) in [5, 5.41) is 8.84. The van der Waals surface area contributed by atoms with Crippen LogP contribution in [-0.2, 0) is 10.0 Å². The molecule has 23 heavy (non-hydrogen) atoms. The number of anilines is 1. The van der Waals surface area contributed by atoms with E-state index >= 15 is 0 Å². The quantitative estimate of drug-likeness (QED) is 0.838. The van der Waals surface area contributed by atoms with Gasteiger partial charge in [-0.05, 0) is 36.4 Å². The first-order valence-corrected chi connectivity index (χ1v) is 7.94. The van der Waals surface area contributed by atoms with Gasteiger partial charge in [0.1, 0.15) is 16.4 Å². The van der Waals surface area contributed by atoms with E-state index in [-0.39, 0.29) is 21.9 Å². The lowest BCUT2D eigenvalue weighted by atomic mass is 10.2. The third-order valence-corrected chi connectivity index (χ3v) is 4.47. The van der Waals surface area contributed by atoms with Crippen molar-refractivity contribution in [2.75, 3.05) is 18.9 Å². The van der Waals surface area contributed by atoms with Gasteiger partial charge in [-0.15, -0.1) is 0 Å². The number of benzene rings is 2. The van der Waals surface area contributed by atoms with Crippen molar-refractivity contribution in [3.05, 3.63) is 48.0 Å². The number of sulfonamides is 1. The maximum Gasteiger partial charge on any atom is 0.335 e. The highest BCUT2D eigenvalue weighted by Crippen LogP contribution is 2.29. The molecule has 0 saturated heterocycles. The zero-order chi connectivity index (χ0) is 17.0. The topological polar surface area (TPSA) is 102 Å². The molecule has 0 aliphatic heterocycles. The Balaban J connectivity index is 2.33. The molecule has 2 N–H and O–H groups in total. The Hall–Kier alpha value is -2.74. The van der Waals surface area contributed by atoms with Gasteiger partial charge in [0.2, 0.25) is 0 Å². The molecule has 2 aromatic rings. The maximum atomic E-state index is 12.5. The third-order valence-electron chi connectivity index (χ3n) is 3.04. The van der Waals surface area contributed by atoms with Crippen LogP contribution in [0.4, 0.5) is 5.69 Å². The highest BCUT2D eigenvalue weighted by Gasteiger charge is 2.20. The van der Waals surface area contributed by atoms with Gasteiger partial charge >= 0.3 is 5.97 Å². The van der Waals surface area contributed by atoms with Gasteiger partial charge in [-0.2, -0.15) is 0 Å². The van der Waals surface area contributed by atoms with E-state index in [9.17, 15) is 13.2 Å². The van der Waals surface area contributed by atoms with Crippen LogP contribution in [0.2, 0.25) is 0 Å². The zero-order valence-corrected chi connectivity index (χ0v) is 13.3. The molecule has 0 aliphatic rings. The molecule has 2 aromatic carbocycles. The summed E-state index contributed by atoms with van der Waals surface area (Å²) in [7, 11) is -1.07. The van der Waals surface area contributed by atoms with Crippen LogP contribution in [0.3, 0.4) is 0 Å². The van der Waals surface area contributed by atoms with Gasteiger partial charge in [0.05, 0.1) is 19.8 Å². The van der Waals surface area contributed by atoms with Gasteiger partial charge < -0.3 is 14.6 Å². The van der Waals surface area contributed by atoms with Crippen molar-refractivity contribution < 1.29 is 27.8 Å². The van der Waals surface area contributed by atoms with Gasteiger partial charge in [0.15, 0.2) is 0 Å². The second kappa shape index (κ2) is 6.57. The Labute approximate surface area is 133 Å². The lowest BCUT2D eigenvalue weighted by Gasteiger charge is -2.12. The molecule has 0 aliphatic carbocycles. The van der Waals surface area contributed by atoms with Crippen molar-refractivity contribution in [3.8, 4) is 11.5 Å². The number of rotatable bonds is 6. The Morgan fingerprint density at radius 3 is 2.22 bits per heavy atom. The summed E-state index contributed by atoms with van der Waals surface area (Å²) in [6.45, 7) is 0. The van der Waals surface area contributed by atoms with Crippen molar-refractivity contribution in [3.63, 3.8) is 0 Å². The molecular weight excluding hydrogens is 322 g/mol. The van der Waals surface area contributed by atoms with E-state index in [0.717, 1.165) is 0 Å². The first-order chi connectivity index (χ1) is 10.9. The number of aromatic carboxylic acids is 1. The van der Waals surface area contributed by atoms with E-state index in [1.807, 2.05) is 0 Å². The SMILES string of the molecule is COc1ccc(S(=O)(=O)Nc2ccc(C(=O)O)cc2)c(OC)c1. The number of carbonyl (C=O) groups is 1. The standard InChI is InChI=1S/C15H15NO6S/c1-21-12-7-8-14(13(9-12)22-2)23(19,20)16-11-5-3-10(4-6-11)15(17)18/h3-9,16H,1-2H3,(H,17,18). The lowest BCUT2D eigenvalue weighted by Crippen LogP contribution is -2.14. The second-order valence-corrected chi connectivity index (χ2v) is 6.16. The maximum absolute atomic E-state index is 12.5. The molecule has 122 valence electrons. The Bertz CT molecular complexity index is 814. The minimum atomic E-state index is -3.89. The number of hydrogen-bond acceptors (Lipinski definition) is 5. The Kier molecular flexibility index (Phi) is 4.75. The smallest absolute Gasteiger partial charge is 0.335 e. The molecule has 2 rings (SSSR count). The van der Waals surface area contributed by atoms with Crippen LogP contribution in [-0.4, -0.2) is 33.7 Å². The molecule has 0 amide bonds. The predicted molar refractivity (Wildman–Crippen MR) is 83.8 cm³/mol. The highest BCUT2D eigenvalue weighted by molar-refractivity contribution is 7.92. The first kappa shape index (κ1) is 16.6. The fourth-order valence-corrected chi connectivity index (χ4v) is 3.10. The van der Waals surface area contributed by atoms with Crippen LogP contribution >= 0.6 is 0 Å². The van der Waals surface area contributed by atoms with E-state index in [2.05, 4.69) is 4.72 Å². The van der Waals surface area contributed by atoms with Crippen LogP contribution in [0.15, 0.2) is 47.4 Å². The molecule has 0 unspecified atom stereocenters. The average Bonchev–Trinajstić information content (AvgIpc) is 2.54. The van der Waals surface area contributed by atoms with Gasteiger partial charge in [-0.1, -0.05) is 0 Å². The summed E-state index contributed by atoms with van der Waals surface area (Å²) in [6, 6.07) is 9.70. The van der Waals surface area contributed by atoms with E-state index < -0.39 is 16.0 Å². The molecule has 8 heteroatoms. The number of nitrogens with one attached hydrogen (secondary N) is 1. The van der Waals surface area contributed by atoms with Crippen LogP contribution in [0.25, 0.3) is 0 Å². The number of carboxylic acid groups (broad SMARTS) is 1. The van der Waals surface area contributed by atoms with E-state index in [1.165, 1.54) is 56.7 Å². The Morgan fingerprint density at radius 1 is 1.04 bits per heavy atom. The predicted octanol–water partition coefficient (Wildman–Crippen LogP) is 2.20. The van der Waals surface area contributed by atoms with Crippen molar-refractivity contribution in [2.45, 2.75) is 4.90 Å². The fraction of sp³-hybridized carbons (Fsp3) is 0.133. The number of methoxy groups -OCH3 is 2. The van der Waals surface area contributed by atoms with Gasteiger partial charge in [0.25, 0.3) is 10.0 Å².